The molecule has 0 fully saturated rings. The monoisotopic (exact) mass is 353 g/mol. The number of aliphatic imine (C=N–C) groups is 1. The first-order chi connectivity index (χ1) is 12.6. The molecule has 138 valence electrons. The summed E-state index contributed by atoms with van der Waals surface area (Å²) in [5.74, 6) is 1.70. The van der Waals surface area contributed by atoms with Gasteiger partial charge in [0.1, 0.15) is 5.76 Å². The van der Waals surface area contributed by atoms with Gasteiger partial charge in [0.05, 0.1) is 5.69 Å². The Kier molecular flexibility index (Phi) is 5.61. The van der Waals surface area contributed by atoms with Gasteiger partial charge in [-0.2, -0.15) is 0 Å². The van der Waals surface area contributed by atoms with Crippen LogP contribution in [0, 0.1) is 20.8 Å². The van der Waals surface area contributed by atoms with Crippen LogP contribution in [0.1, 0.15) is 28.1 Å². The van der Waals surface area contributed by atoms with Gasteiger partial charge in [0.25, 0.3) is 0 Å². The summed E-state index contributed by atoms with van der Waals surface area (Å²) in [6.07, 6.45) is 3.91. The lowest BCUT2D eigenvalue weighted by atomic mass is 10.1. The first kappa shape index (κ1) is 18.0. The van der Waals surface area contributed by atoms with E-state index in [-0.39, 0.29) is 0 Å². The van der Waals surface area contributed by atoms with Gasteiger partial charge in [0.15, 0.2) is 5.96 Å². The third-order valence-electron chi connectivity index (χ3n) is 4.77. The van der Waals surface area contributed by atoms with Crippen LogP contribution in [0.25, 0.3) is 10.9 Å². The molecule has 2 heterocycles. The second kappa shape index (κ2) is 8.08. The lowest BCUT2D eigenvalue weighted by Gasteiger charge is -2.11. The summed E-state index contributed by atoms with van der Waals surface area (Å²) >= 11 is 0. The zero-order valence-electron chi connectivity index (χ0n) is 15.9. The Morgan fingerprint density at radius 1 is 1.15 bits per heavy atom. The Hall–Kier alpha value is -2.76. The molecule has 0 atom stereocenters. The van der Waals surface area contributed by atoms with Crippen molar-refractivity contribution in [3.63, 3.8) is 0 Å². The zero-order valence-corrected chi connectivity index (χ0v) is 15.9. The number of hydrogen-bond acceptors (Lipinski definition) is 3. The summed E-state index contributed by atoms with van der Waals surface area (Å²) in [6, 6.07) is 6.41. The van der Waals surface area contributed by atoms with Crippen molar-refractivity contribution in [3.05, 3.63) is 52.5 Å². The predicted octanol–water partition coefficient (Wildman–Crippen LogP) is 3.03. The van der Waals surface area contributed by atoms with Crippen molar-refractivity contribution in [3.8, 4) is 0 Å². The first-order valence-electron chi connectivity index (χ1n) is 9.02. The fraction of sp³-hybridized carbons (Fsp3) is 0.400. The summed E-state index contributed by atoms with van der Waals surface area (Å²) < 4.78 is 5.20. The highest BCUT2D eigenvalue weighted by molar-refractivity contribution is 5.86. The number of fused-ring (bicyclic) bond motifs is 1. The Morgan fingerprint density at radius 3 is 2.62 bits per heavy atom. The molecule has 1 aromatic carbocycles. The van der Waals surface area contributed by atoms with Crippen molar-refractivity contribution >= 4 is 16.9 Å². The largest absolute Gasteiger partial charge is 0.361 e. The van der Waals surface area contributed by atoms with Crippen molar-refractivity contribution in [1.82, 2.24) is 20.8 Å². The third kappa shape index (κ3) is 3.90. The van der Waals surface area contributed by atoms with Crippen LogP contribution in [0.5, 0.6) is 0 Å². The fourth-order valence-corrected chi connectivity index (χ4v) is 3.27. The number of H-pyrrole nitrogens is 1. The van der Waals surface area contributed by atoms with E-state index in [1.54, 1.807) is 7.05 Å². The van der Waals surface area contributed by atoms with E-state index in [2.05, 4.69) is 57.1 Å². The van der Waals surface area contributed by atoms with E-state index < -0.39 is 0 Å². The van der Waals surface area contributed by atoms with Crippen LogP contribution in [0.15, 0.2) is 33.9 Å². The Bertz CT molecular complexity index is 887. The van der Waals surface area contributed by atoms with Gasteiger partial charge in [-0.05, 0) is 44.7 Å². The number of nitrogens with zero attached hydrogens (tertiary/aromatic N) is 2. The van der Waals surface area contributed by atoms with Crippen LogP contribution in [-0.4, -0.2) is 36.2 Å². The fourth-order valence-electron chi connectivity index (χ4n) is 3.27. The number of aromatic amines is 1. The molecule has 0 bridgehead atoms. The van der Waals surface area contributed by atoms with E-state index >= 15 is 0 Å². The molecule has 0 aliphatic carbocycles. The molecule has 0 spiro atoms. The van der Waals surface area contributed by atoms with E-state index in [0.29, 0.717) is 0 Å². The summed E-state index contributed by atoms with van der Waals surface area (Å²) in [4.78, 5) is 7.68. The second-order valence-corrected chi connectivity index (χ2v) is 6.54. The third-order valence-corrected chi connectivity index (χ3v) is 4.77. The maximum atomic E-state index is 5.20. The second-order valence-electron chi connectivity index (χ2n) is 6.54. The maximum absolute atomic E-state index is 5.20. The Balaban J connectivity index is 1.49. The summed E-state index contributed by atoms with van der Waals surface area (Å²) in [6.45, 7) is 7.67. The molecular formula is C20H27N5O. The van der Waals surface area contributed by atoms with E-state index in [1.807, 2.05) is 13.8 Å². The van der Waals surface area contributed by atoms with Crippen LogP contribution in [-0.2, 0) is 12.8 Å². The van der Waals surface area contributed by atoms with Gasteiger partial charge in [0.2, 0.25) is 0 Å². The molecule has 0 amide bonds. The molecule has 26 heavy (non-hydrogen) atoms. The SMILES string of the molecule is CN=C(NCCc1c(C)noc1C)NCCc1c[nH]c2c(C)cccc12. The van der Waals surface area contributed by atoms with Gasteiger partial charge in [-0.15, -0.1) is 0 Å². The Labute approximate surface area is 154 Å². The normalized spacial score (nSPS) is 11.9. The van der Waals surface area contributed by atoms with Crippen LogP contribution in [0.2, 0.25) is 0 Å². The molecule has 3 rings (SSSR count). The molecule has 2 aromatic heterocycles. The molecule has 0 saturated heterocycles. The highest BCUT2D eigenvalue weighted by atomic mass is 16.5. The van der Waals surface area contributed by atoms with Crippen molar-refractivity contribution in [2.75, 3.05) is 20.1 Å². The molecule has 6 nitrogen and oxygen atoms in total. The quantitative estimate of drug-likeness (QED) is 0.470. The molecule has 0 radical (unpaired) electrons. The van der Waals surface area contributed by atoms with E-state index in [9.17, 15) is 0 Å². The number of guanidine groups is 1. The molecule has 0 aliphatic rings. The highest BCUT2D eigenvalue weighted by Crippen LogP contribution is 2.21. The lowest BCUT2D eigenvalue weighted by molar-refractivity contribution is 0.392. The average molecular weight is 353 g/mol. The number of nitrogens with one attached hydrogen (secondary N) is 3. The topological polar surface area (TPSA) is 78.2 Å². The van der Waals surface area contributed by atoms with Gasteiger partial charge < -0.3 is 20.1 Å². The van der Waals surface area contributed by atoms with Crippen LogP contribution >= 0.6 is 0 Å². The van der Waals surface area contributed by atoms with Gasteiger partial charge in [-0.25, -0.2) is 0 Å². The smallest absolute Gasteiger partial charge is 0.190 e. The number of benzene rings is 1. The van der Waals surface area contributed by atoms with Gasteiger partial charge in [0, 0.05) is 42.8 Å². The number of aryl methyl sites for hydroxylation is 3. The minimum atomic E-state index is 0.787. The first-order valence-corrected chi connectivity index (χ1v) is 9.02. The van der Waals surface area contributed by atoms with Crippen LogP contribution < -0.4 is 10.6 Å². The number of aromatic nitrogens is 2. The predicted molar refractivity (Wildman–Crippen MR) is 106 cm³/mol. The van der Waals surface area contributed by atoms with Gasteiger partial charge >= 0.3 is 0 Å². The lowest BCUT2D eigenvalue weighted by Crippen LogP contribution is -2.39. The standard InChI is InChI=1S/C20H27N5O/c1-13-6-5-7-18-16(12-24-19(13)18)8-10-22-20(21-4)23-11-9-17-14(2)25-26-15(17)3/h5-7,12,24H,8-11H2,1-4H3,(H2,21,22,23). The van der Waals surface area contributed by atoms with Crippen LogP contribution in [0.4, 0.5) is 0 Å². The number of rotatable bonds is 6. The minimum Gasteiger partial charge on any atom is -0.361 e. The van der Waals surface area contributed by atoms with Gasteiger partial charge in [-0.1, -0.05) is 23.4 Å². The summed E-state index contributed by atoms with van der Waals surface area (Å²) in [5.41, 5.74) is 5.95. The number of para-hydroxylation sites is 1. The van der Waals surface area contributed by atoms with Crippen molar-refractivity contribution < 1.29 is 4.52 Å². The molecule has 3 N–H and O–H groups in total. The van der Waals surface area contributed by atoms with Crippen molar-refractivity contribution in [1.29, 1.82) is 0 Å². The van der Waals surface area contributed by atoms with Crippen molar-refractivity contribution in [2.24, 2.45) is 4.99 Å². The molecule has 0 aliphatic heterocycles. The molecular weight excluding hydrogens is 326 g/mol. The number of hydrogen-bond donors (Lipinski definition) is 3. The van der Waals surface area contributed by atoms with E-state index in [0.717, 1.165) is 43.3 Å². The van der Waals surface area contributed by atoms with Crippen LogP contribution in [0.3, 0.4) is 0 Å². The Morgan fingerprint density at radius 2 is 1.92 bits per heavy atom. The molecule has 3 aromatic rings. The molecule has 6 heteroatoms. The maximum Gasteiger partial charge on any atom is 0.190 e. The highest BCUT2D eigenvalue weighted by Gasteiger charge is 2.09. The van der Waals surface area contributed by atoms with Gasteiger partial charge in [-0.3, -0.25) is 4.99 Å². The summed E-state index contributed by atoms with van der Waals surface area (Å²) in [5, 5.41) is 12.0. The average Bonchev–Trinajstić information content (AvgIpc) is 3.19. The molecule has 0 saturated carbocycles. The molecule has 0 unspecified atom stereocenters. The van der Waals surface area contributed by atoms with E-state index in [4.69, 9.17) is 4.52 Å². The zero-order chi connectivity index (χ0) is 18.5. The minimum absolute atomic E-state index is 0.787. The van der Waals surface area contributed by atoms with Crippen molar-refractivity contribution in [2.45, 2.75) is 33.6 Å². The summed E-state index contributed by atoms with van der Waals surface area (Å²) in [7, 11) is 1.79. The van der Waals surface area contributed by atoms with E-state index in [1.165, 1.54) is 27.6 Å².